The van der Waals surface area contributed by atoms with Crippen LogP contribution in [0.3, 0.4) is 0 Å². The van der Waals surface area contributed by atoms with Gasteiger partial charge >= 0.3 is 0 Å². The lowest BCUT2D eigenvalue weighted by atomic mass is 9.79. The number of fused-ring (bicyclic) bond motifs is 2. The number of hydrogen-bond donors (Lipinski definition) is 4. The average molecular weight is 428 g/mol. The molecule has 0 amide bonds. The lowest BCUT2D eigenvalue weighted by Gasteiger charge is -2.27. The molecule has 0 radical (unpaired) electrons. The largest absolute Gasteiger partial charge is 0.398 e. The zero-order chi connectivity index (χ0) is 22.5. The van der Waals surface area contributed by atoms with Crippen LogP contribution in [-0.4, -0.2) is 37.0 Å². The molecule has 0 bridgehead atoms. The summed E-state index contributed by atoms with van der Waals surface area (Å²) >= 11 is 0. The Hall–Kier alpha value is -3.60. The van der Waals surface area contributed by atoms with Gasteiger partial charge in [0.05, 0.1) is 23.1 Å². The number of nitrogens with zero attached hydrogens (tertiary/aromatic N) is 3. The Morgan fingerprint density at radius 2 is 1.97 bits per heavy atom. The molecule has 3 heterocycles. The van der Waals surface area contributed by atoms with Gasteiger partial charge in [0.1, 0.15) is 17.6 Å². The standard InChI is InChI=1S/C25H25N5O2/c1-2-25(10-7-15-3-4-16-5-6-21(27)29-19(16)13-15)14-20(22(31)23(25)32)30-12-9-17-18(26)8-11-28-24(17)30/h1,3-6,8-9,11-13,20,22-23,31-32H,7,10,14H2,(H2,26,28)(H2,27,29)/t20-,22+,23+,25+/m1/s1. The zero-order valence-corrected chi connectivity index (χ0v) is 17.5. The molecule has 0 unspecified atom stereocenters. The van der Waals surface area contributed by atoms with Crippen molar-refractivity contribution in [2.24, 2.45) is 5.41 Å². The molecular weight excluding hydrogens is 402 g/mol. The second-order valence-corrected chi connectivity index (χ2v) is 8.63. The molecular formula is C25H25N5O2. The van der Waals surface area contributed by atoms with Crippen LogP contribution in [0, 0.1) is 17.8 Å². The van der Waals surface area contributed by atoms with Crippen LogP contribution >= 0.6 is 0 Å². The van der Waals surface area contributed by atoms with Gasteiger partial charge in [-0.25, -0.2) is 9.97 Å². The highest BCUT2D eigenvalue weighted by Crippen LogP contribution is 2.48. The van der Waals surface area contributed by atoms with Crippen LogP contribution in [0.5, 0.6) is 0 Å². The minimum absolute atomic E-state index is 0.397. The van der Waals surface area contributed by atoms with Crippen LogP contribution in [0.2, 0.25) is 0 Å². The van der Waals surface area contributed by atoms with Crippen LogP contribution in [0.1, 0.15) is 24.4 Å². The first kappa shape index (κ1) is 20.3. The van der Waals surface area contributed by atoms with Gasteiger partial charge in [0, 0.05) is 28.9 Å². The van der Waals surface area contributed by atoms with Gasteiger partial charge in [0.15, 0.2) is 0 Å². The number of benzene rings is 1. The molecule has 1 fully saturated rings. The van der Waals surface area contributed by atoms with E-state index in [9.17, 15) is 10.2 Å². The molecule has 7 nitrogen and oxygen atoms in total. The summed E-state index contributed by atoms with van der Waals surface area (Å²) < 4.78 is 1.88. The number of anilines is 2. The summed E-state index contributed by atoms with van der Waals surface area (Å²) in [5.74, 6) is 3.29. The maximum atomic E-state index is 11.0. The van der Waals surface area contributed by atoms with Crippen molar-refractivity contribution < 1.29 is 10.2 Å². The predicted octanol–water partition coefficient (Wildman–Crippen LogP) is 2.67. The number of aromatic nitrogens is 3. The summed E-state index contributed by atoms with van der Waals surface area (Å²) in [4.78, 5) is 8.82. The number of aliphatic hydroxyl groups is 2. The Morgan fingerprint density at radius 3 is 2.78 bits per heavy atom. The third-order valence-electron chi connectivity index (χ3n) is 6.79. The van der Waals surface area contributed by atoms with Gasteiger partial charge in [0.25, 0.3) is 0 Å². The van der Waals surface area contributed by atoms with Crippen LogP contribution in [-0.2, 0) is 6.42 Å². The Kier molecular flexibility index (Phi) is 4.77. The first-order valence-electron chi connectivity index (χ1n) is 10.6. The van der Waals surface area contributed by atoms with E-state index in [1.807, 2.05) is 41.1 Å². The van der Waals surface area contributed by atoms with E-state index in [1.54, 1.807) is 18.3 Å². The SMILES string of the molecule is C#C[C@]1(CCc2ccc3ccc(N)nc3c2)C[C@@H](n2ccc3c(N)ccnc32)[C@H](O)[C@@H]1O. The summed E-state index contributed by atoms with van der Waals surface area (Å²) in [5, 5.41) is 23.8. The number of aliphatic hydroxyl groups excluding tert-OH is 2. The zero-order valence-electron chi connectivity index (χ0n) is 17.5. The first-order valence-corrected chi connectivity index (χ1v) is 10.6. The van der Waals surface area contributed by atoms with Gasteiger partial charge in [-0.05, 0) is 55.2 Å². The van der Waals surface area contributed by atoms with Gasteiger partial charge in [-0.1, -0.05) is 18.1 Å². The Balaban J connectivity index is 1.43. The van der Waals surface area contributed by atoms with Gasteiger partial charge in [-0.2, -0.15) is 0 Å². The van der Waals surface area contributed by atoms with Crippen LogP contribution in [0.15, 0.2) is 54.9 Å². The molecule has 5 rings (SSSR count). The summed E-state index contributed by atoms with van der Waals surface area (Å²) in [5.41, 5.74) is 14.2. The fourth-order valence-corrected chi connectivity index (χ4v) is 4.93. The normalized spacial score (nSPS) is 25.3. The van der Waals surface area contributed by atoms with Gasteiger partial charge in [0.2, 0.25) is 0 Å². The van der Waals surface area contributed by atoms with Crippen molar-refractivity contribution in [3.63, 3.8) is 0 Å². The molecule has 3 aromatic heterocycles. The molecule has 1 saturated carbocycles. The lowest BCUT2D eigenvalue weighted by Crippen LogP contribution is -2.36. The van der Waals surface area contributed by atoms with E-state index in [-0.39, 0.29) is 0 Å². The second kappa shape index (κ2) is 7.52. The molecule has 0 saturated heterocycles. The predicted molar refractivity (Wildman–Crippen MR) is 126 cm³/mol. The van der Waals surface area contributed by atoms with Gasteiger partial charge in [-0.15, -0.1) is 6.42 Å². The van der Waals surface area contributed by atoms with Crippen LogP contribution in [0.25, 0.3) is 21.9 Å². The van der Waals surface area contributed by atoms with E-state index in [0.29, 0.717) is 36.4 Å². The maximum absolute atomic E-state index is 11.0. The molecule has 32 heavy (non-hydrogen) atoms. The number of hydrogen-bond acceptors (Lipinski definition) is 6. The van der Waals surface area contributed by atoms with E-state index >= 15 is 0 Å². The number of pyridine rings is 2. The van der Waals surface area contributed by atoms with Crippen LogP contribution in [0.4, 0.5) is 11.5 Å². The monoisotopic (exact) mass is 427 g/mol. The minimum atomic E-state index is -1.05. The average Bonchev–Trinajstić information content (AvgIpc) is 3.33. The second-order valence-electron chi connectivity index (χ2n) is 8.63. The molecule has 0 aliphatic heterocycles. The van der Waals surface area contributed by atoms with Crippen LogP contribution < -0.4 is 11.5 Å². The molecule has 1 aliphatic carbocycles. The van der Waals surface area contributed by atoms with Crippen molar-refractivity contribution >= 4 is 33.4 Å². The van der Waals surface area contributed by atoms with Gasteiger partial charge < -0.3 is 26.2 Å². The van der Waals surface area contributed by atoms with E-state index < -0.39 is 23.7 Å². The van der Waals surface area contributed by atoms with E-state index in [4.69, 9.17) is 17.9 Å². The number of nitrogen functional groups attached to an aromatic ring is 2. The van der Waals surface area contributed by atoms with Gasteiger partial charge in [-0.3, -0.25) is 0 Å². The summed E-state index contributed by atoms with van der Waals surface area (Å²) in [6, 6.07) is 13.0. The van der Waals surface area contributed by atoms with E-state index in [1.165, 1.54) is 0 Å². The number of rotatable bonds is 4. The topological polar surface area (TPSA) is 123 Å². The summed E-state index contributed by atoms with van der Waals surface area (Å²) in [6.45, 7) is 0. The highest BCUT2D eigenvalue weighted by Gasteiger charge is 2.52. The van der Waals surface area contributed by atoms with E-state index in [0.717, 1.165) is 21.9 Å². The molecule has 1 aliphatic rings. The smallest absolute Gasteiger partial charge is 0.142 e. The van der Waals surface area contributed by atoms with E-state index in [2.05, 4.69) is 15.9 Å². The molecule has 1 aromatic carbocycles. The molecule has 4 atom stereocenters. The molecule has 4 aromatic rings. The lowest BCUT2D eigenvalue weighted by molar-refractivity contribution is -0.0115. The van der Waals surface area contributed by atoms with Crippen molar-refractivity contribution in [2.45, 2.75) is 37.5 Å². The van der Waals surface area contributed by atoms with Crippen molar-refractivity contribution in [1.82, 2.24) is 14.5 Å². The number of nitrogens with two attached hydrogens (primary N) is 2. The number of terminal acetylenes is 1. The first-order chi connectivity index (χ1) is 15.4. The van der Waals surface area contributed by atoms with Crippen molar-refractivity contribution in [3.05, 3.63) is 60.4 Å². The summed E-state index contributed by atoms with van der Waals surface area (Å²) in [7, 11) is 0. The Bertz CT molecular complexity index is 1360. The highest BCUT2D eigenvalue weighted by molar-refractivity contribution is 5.88. The van der Waals surface area contributed by atoms with Crippen molar-refractivity contribution in [1.29, 1.82) is 0 Å². The quantitative estimate of drug-likeness (QED) is 0.371. The fourth-order valence-electron chi connectivity index (χ4n) is 4.93. The molecule has 7 heteroatoms. The Labute approximate surface area is 185 Å². The third kappa shape index (κ3) is 3.16. The Morgan fingerprint density at radius 1 is 1.16 bits per heavy atom. The highest BCUT2D eigenvalue weighted by atomic mass is 16.3. The number of aryl methyl sites for hydroxylation is 1. The molecule has 162 valence electrons. The summed E-state index contributed by atoms with van der Waals surface area (Å²) in [6.07, 6.45) is 8.99. The third-order valence-corrected chi connectivity index (χ3v) is 6.79. The minimum Gasteiger partial charge on any atom is -0.398 e. The molecule has 0 spiro atoms. The fraction of sp³-hybridized carbons (Fsp3) is 0.280. The van der Waals surface area contributed by atoms with Crippen molar-refractivity contribution in [2.75, 3.05) is 11.5 Å². The van der Waals surface area contributed by atoms with Crippen molar-refractivity contribution in [3.8, 4) is 12.3 Å². The maximum Gasteiger partial charge on any atom is 0.142 e. The molecule has 6 N–H and O–H groups in total.